The molecule has 1 N–H and O–H groups in total. The molecular weight excluding hydrogens is 230 g/mol. The van der Waals surface area contributed by atoms with Gasteiger partial charge in [0.2, 0.25) is 6.79 Å². The van der Waals surface area contributed by atoms with Gasteiger partial charge in [-0.05, 0) is 36.9 Å². The summed E-state index contributed by atoms with van der Waals surface area (Å²) >= 11 is 0. The van der Waals surface area contributed by atoms with Crippen LogP contribution in [0.4, 0.5) is 0 Å². The first-order valence-corrected chi connectivity index (χ1v) is 5.96. The molecule has 1 aliphatic rings. The lowest BCUT2D eigenvalue weighted by Crippen LogP contribution is -2.03. The third kappa shape index (κ3) is 2.19. The van der Waals surface area contributed by atoms with E-state index in [1.54, 1.807) is 0 Å². The molecule has 3 rings (SSSR count). The second-order valence-electron chi connectivity index (χ2n) is 4.26. The topological polar surface area (TPSA) is 43.6 Å². The second-order valence-corrected chi connectivity index (χ2v) is 4.26. The molecule has 0 fully saturated rings. The molecule has 94 valence electrons. The minimum atomic E-state index is 0.311. The minimum Gasteiger partial charge on any atom is -0.464 e. The molecule has 2 aromatic rings. The van der Waals surface area contributed by atoms with E-state index in [9.17, 15) is 0 Å². The van der Waals surface area contributed by atoms with Crippen molar-refractivity contribution >= 4 is 0 Å². The molecule has 0 spiro atoms. The summed E-state index contributed by atoms with van der Waals surface area (Å²) in [6, 6.07) is 9.99. The standard InChI is InChI=1S/C14H15NO3/c1-15-8-12-4-3-11(18-12)6-10-2-5-13-14(7-10)17-9-16-13/h2-5,7,15H,6,8-9H2,1H3. The summed E-state index contributed by atoms with van der Waals surface area (Å²) in [5, 5.41) is 3.06. The molecule has 18 heavy (non-hydrogen) atoms. The third-order valence-electron chi connectivity index (χ3n) is 2.88. The molecule has 0 aliphatic carbocycles. The van der Waals surface area contributed by atoms with Crippen LogP contribution in [0.1, 0.15) is 17.1 Å². The van der Waals surface area contributed by atoms with Gasteiger partial charge in [-0.15, -0.1) is 0 Å². The van der Waals surface area contributed by atoms with Crippen molar-refractivity contribution in [3.8, 4) is 11.5 Å². The summed E-state index contributed by atoms with van der Waals surface area (Å²) in [7, 11) is 1.90. The fourth-order valence-corrected chi connectivity index (χ4v) is 2.04. The van der Waals surface area contributed by atoms with E-state index in [0.717, 1.165) is 41.5 Å². The molecule has 0 saturated heterocycles. The van der Waals surface area contributed by atoms with Crippen LogP contribution in [0.2, 0.25) is 0 Å². The molecule has 2 heterocycles. The Labute approximate surface area is 106 Å². The Kier molecular flexibility index (Phi) is 2.94. The first-order valence-electron chi connectivity index (χ1n) is 5.96. The largest absolute Gasteiger partial charge is 0.464 e. The van der Waals surface area contributed by atoms with Gasteiger partial charge in [0.25, 0.3) is 0 Å². The maximum atomic E-state index is 5.71. The summed E-state index contributed by atoms with van der Waals surface area (Å²) in [6.07, 6.45) is 0.764. The zero-order valence-electron chi connectivity index (χ0n) is 10.2. The quantitative estimate of drug-likeness (QED) is 0.897. The lowest BCUT2D eigenvalue weighted by molar-refractivity contribution is 0.174. The van der Waals surface area contributed by atoms with Gasteiger partial charge in [0.1, 0.15) is 11.5 Å². The maximum absolute atomic E-state index is 5.71. The van der Waals surface area contributed by atoms with E-state index >= 15 is 0 Å². The predicted molar refractivity (Wildman–Crippen MR) is 66.8 cm³/mol. The normalized spacial score (nSPS) is 12.9. The number of ether oxygens (including phenoxy) is 2. The smallest absolute Gasteiger partial charge is 0.231 e. The van der Waals surface area contributed by atoms with Gasteiger partial charge < -0.3 is 19.2 Å². The molecule has 0 radical (unpaired) electrons. The molecule has 0 bridgehead atoms. The number of hydrogen-bond donors (Lipinski definition) is 1. The van der Waals surface area contributed by atoms with Crippen molar-refractivity contribution in [1.82, 2.24) is 5.32 Å². The van der Waals surface area contributed by atoms with Crippen LogP contribution in [0, 0.1) is 0 Å². The van der Waals surface area contributed by atoms with E-state index in [4.69, 9.17) is 13.9 Å². The number of furan rings is 1. The lowest BCUT2D eigenvalue weighted by atomic mass is 10.1. The van der Waals surface area contributed by atoms with Crippen LogP contribution < -0.4 is 14.8 Å². The van der Waals surface area contributed by atoms with Gasteiger partial charge in [-0.25, -0.2) is 0 Å². The Bertz CT molecular complexity index is 548. The average molecular weight is 245 g/mol. The van der Waals surface area contributed by atoms with Crippen molar-refractivity contribution in [3.63, 3.8) is 0 Å². The molecule has 0 atom stereocenters. The molecule has 1 aliphatic heterocycles. The third-order valence-corrected chi connectivity index (χ3v) is 2.88. The summed E-state index contributed by atoms with van der Waals surface area (Å²) in [5.41, 5.74) is 1.16. The molecule has 0 amide bonds. The van der Waals surface area contributed by atoms with E-state index in [-0.39, 0.29) is 0 Å². The molecule has 0 saturated carbocycles. The summed E-state index contributed by atoms with van der Waals surface area (Å²) in [5.74, 6) is 3.54. The van der Waals surface area contributed by atoms with Crippen molar-refractivity contribution in [1.29, 1.82) is 0 Å². The van der Waals surface area contributed by atoms with E-state index in [1.165, 1.54) is 0 Å². The van der Waals surface area contributed by atoms with Crippen LogP contribution in [-0.4, -0.2) is 13.8 Å². The molecule has 4 nitrogen and oxygen atoms in total. The number of hydrogen-bond acceptors (Lipinski definition) is 4. The van der Waals surface area contributed by atoms with Gasteiger partial charge >= 0.3 is 0 Å². The van der Waals surface area contributed by atoms with Gasteiger partial charge in [0, 0.05) is 6.42 Å². The van der Waals surface area contributed by atoms with Crippen molar-refractivity contribution < 1.29 is 13.9 Å². The van der Waals surface area contributed by atoms with E-state index in [0.29, 0.717) is 6.79 Å². The SMILES string of the molecule is CNCc1ccc(Cc2ccc3c(c2)OCO3)o1. The lowest BCUT2D eigenvalue weighted by Gasteiger charge is -2.01. The summed E-state index contributed by atoms with van der Waals surface area (Å²) < 4.78 is 16.4. The highest BCUT2D eigenvalue weighted by Crippen LogP contribution is 2.33. The Balaban J connectivity index is 1.75. The van der Waals surface area contributed by atoms with Crippen molar-refractivity contribution in [2.45, 2.75) is 13.0 Å². The van der Waals surface area contributed by atoms with Crippen LogP contribution in [0.25, 0.3) is 0 Å². The highest BCUT2D eigenvalue weighted by molar-refractivity contribution is 5.45. The predicted octanol–water partition coefficient (Wildman–Crippen LogP) is 2.32. The monoisotopic (exact) mass is 245 g/mol. The molecule has 0 unspecified atom stereocenters. The summed E-state index contributed by atoms with van der Waals surface area (Å²) in [6.45, 7) is 1.06. The van der Waals surface area contributed by atoms with Crippen LogP contribution in [0.5, 0.6) is 11.5 Å². The maximum Gasteiger partial charge on any atom is 0.231 e. The van der Waals surface area contributed by atoms with Crippen molar-refractivity contribution in [2.24, 2.45) is 0 Å². The number of benzene rings is 1. The number of rotatable bonds is 4. The van der Waals surface area contributed by atoms with Gasteiger partial charge in [-0.2, -0.15) is 0 Å². The van der Waals surface area contributed by atoms with Crippen LogP contribution in [0.15, 0.2) is 34.7 Å². The summed E-state index contributed by atoms with van der Waals surface area (Å²) in [4.78, 5) is 0. The Hall–Kier alpha value is -1.94. The average Bonchev–Trinajstić information content (AvgIpc) is 2.98. The zero-order valence-corrected chi connectivity index (χ0v) is 10.2. The van der Waals surface area contributed by atoms with Crippen LogP contribution >= 0.6 is 0 Å². The van der Waals surface area contributed by atoms with Crippen LogP contribution in [-0.2, 0) is 13.0 Å². The van der Waals surface area contributed by atoms with Gasteiger partial charge in [0.05, 0.1) is 6.54 Å². The first-order chi connectivity index (χ1) is 8.85. The minimum absolute atomic E-state index is 0.311. The van der Waals surface area contributed by atoms with Crippen molar-refractivity contribution in [2.75, 3.05) is 13.8 Å². The highest BCUT2D eigenvalue weighted by atomic mass is 16.7. The Morgan fingerprint density at radius 3 is 2.78 bits per heavy atom. The Morgan fingerprint density at radius 1 is 1.06 bits per heavy atom. The van der Waals surface area contributed by atoms with Crippen molar-refractivity contribution in [3.05, 3.63) is 47.4 Å². The van der Waals surface area contributed by atoms with E-state index < -0.39 is 0 Å². The number of nitrogens with one attached hydrogen (secondary N) is 1. The van der Waals surface area contributed by atoms with Gasteiger partial charge in [-0.3, -0.25) is 0 Å². The second kappa shape index (κ2) is 4.74. The molecule has 4 heteroatoms. The number of fused-ring (bicyclic) bond motifs is 1. The first kappa shape index (κ1) is 11.2. The van der Waals surface area contributed by atoms with Crippen LogP contribution in [0.3, 0.4) is 0 Å². The van der Waals surface area contributed by atoms with Gasteiger partial charge in [0.15, 0.2) is 11.5 Å². The molecule has 1 aromatic heterocycles. The molecular formula is C14H15NO3. The zero-order chi connectivity index (χ0) is 12.4. The Morgan fingerprint density at radius 2 is 1.89 bits per heavy atom. The highest BCUT2D eigenvalue weighted by Gasteiger charge is 2.13. The fourth-order valence-electron chi connectivity index (χ4n) is 2.04. The van der Waals surface area contributed by atoms with E-state index in [2.05, 4.69) is 5.32 Å². The molecule has 1 aromatic carbocycles. The van der Waals surface area contributed by atoms with E-state index in [1.807, 2.05) is 37.4 Å². The van der Waals surface area contributed by atoms with Gasteiger partial charge in [-0.1, -0.05) is 6.07 Å². The fraction of sp³-hybridized carbons (Fsp3) is 0.286.